The lowest BCUT2D eigenvalue weighted by Gasteiger charge is -2.34. The zero-order valence-corrected chi connectivity index (χ0v) is 11.0. The Kier molecular flexibility index (Phi) is 6.12. The van der Waals surface area contributed by atoms with Gasteiger partial charge in [-0.15, -0.1) is 6.58 Å². The molecule has 1 rings (SSSR count). The molecule has 0 aromatic rings. The Morgan fingerprint density at radius 2 is 1.94 bits per heavy atom. The zero-order valence-electron chi connectivity index (χ0n) is 11.0. The quantitative estimate of drug-likeness (QED) is 0.478. The molecule has 1 aliphatic carbocycles. The largest absolute Gasteiger partial charge is 0.327 e. The van der Waals surface area contributed by atoms with E-state index in [1.807, 2.05) is 6.08 Å². The molecule has 1 atom stereocenters. The van der Waals surface area contributed by atoms with Crippen molar-refractivity contribution in [3.05, 3.63) is 12.7 Å². The topological polar surface area (TPSA) is 26.0 Å². The van der Waals surface area contributed by atoms with Crippen molar-refractivity contribution in [1.82, 2.24) is 0 Å². The molecule has 0 radical (unpaired) electrons. The maximum atomic E-state index is 6.42. The molecule has 0 bridgehead atoms. The van der Waals surface area contributed by atoms with Gasteiger partial charge in [0.25, 0.3) is 0 Å². The predicted molar refractivity (Wildman–Crippen MR) is 72.4 cm³/mol. The van der Waals surface area contributed by atoms with Gasteiger partial charge in [-0.2, -0.15) is 0 Å². The minimum Gasteiger partial charge on any atom is -0.327 e. The average molecular weight is 223 g/mol. The first-order valence-electron chi connectivity index (χ1n) is 7.11. The summed E-state index contributed by atoms with van der Waals surface area (Å²) in [5, 5.41) is 0. The Bertz CT molecular complexity index is 192. The van der Waals surface area contributed by atoms with Gasteiger partial charge in [-0.1, -0.05) is 38.7 Å². The third-order valence-corrected chi connectivity index (χ3v) is 4.51. The molecule has 1 saturated carbocycles. The van der Waals surface area contributed by atoms with Crippen LogP contribution in [0.1, 0.15) is 71.1 Å². The summed E-state index contributed by atoms with van der Waals surface area (Å²) < 4.78 is 0. The molecule has 1 fully saturated rings. The van der Waals surface area contributed by atoms with Crippen LogP contribution in [0.5, 0.6) is 0 Å². The molecule has 0 amide bonds. The fourth-order valence-electron chi connectivity index (χ4n) is 3.20. The van der Waals surface area contributed by atoms with Crippen molar-refractivity contribution >= 4 is 0 Å². The van der Waals surface area contributed by atoms with E-state index < -0.39 is 0 Å². The molecule has 0 saturated heterocycles. The van der Waals surface area contributed by atoms with E-state index in [1.54, 1.807) is 0 Å². The van der Waals surface area contributed by atoms with Gasteiger partial charge in [0.1, 0.15) is 0 Å². The summed E-state index contributed by atoms with van der Waals surface area (Å²) in [5.41, 5.74) is 6.92. The Balaban J connectivity index is 2.22. The van der Waals surface area contributed by atoms with Gasteiger partial charge in [0.05, 0.1) is 0 Å². The second-order valence-corrected chi connectivity index (χ2v) is 5.46. The van der Waals surface area contributed by atoms with Crippen LogP contribution in [0.3, 0.4) is 0 Å². The van der Waals surface area contributed by atoms with E-state index in [0.29, 0.717) is 11.5 Å². The van der Waals surface area contributed by atoms with Gasteiger partial charge in [-0.25, -0.2) is 0 Å². The molecule has 1 nitrogen and oxygen atoms in total. The molecule has 0 heterocycles. The fourth-order valence-corrected chi connectivity index (χ4v) is 3.20. The molecule has 94 valence electrons. The molecular formula is C15H29N. The van der Waals surface area contributed by atoms with E-state index in [-0.39, 0.29) is 0 Å². The van der Waals surface area contributed by atoms with E-state index in [0.717, 1.165) is 6.42 Å². The molecule has 0 aromatic heterocycles. The second-order valence-electron chi connectivity index (χ2n) is 5.46. The van der Waals surface area contributed by atoms with Gasteiger partial charge in [-0.05, 0) is 43.9 Å². The van der Waals surface area contributed by atoms with Gasteiger partial charge in [0, 0.05) is 6.04 Å². The van der Waals surface area contributed by atoms with Gasteiger partial charge in [0.2, 0.25) is 0 Å². The van der Waals surface area contributed by atoms with Crippen LogP contribution in [0.15, 0.2) is 12.7 Å². The summed E-state index contributed by atoms with van der Waals surface area (Å²) in [5.74, 6) is 0. The van der Waals surface area contributed by atoms with Gasteiger partial charge >= 0.3 is 0 Å². The summed E-state index contributed by atoms with van der Waals surface area (Å²) in [6.45, 7) is 6.08. The van der Waals surface area contributed by atoms with E-state index in [2.05, 4.69) is 13.5 Å². The first-order chi connectivity index (χ1) is 7.75. The van der Waals surface area contributed by atoms with Crippen molar-refractivity contribution in [2.24, 2.45) is 11.1 Å². The second kappa shape index (κ2) is 7.11. The summed E-state index contributed by atoms with van der Waals surface area (Å²) >= 11 is 0. The van der Waals surface area contributed by atoms with Crippen LogP contribution in [0.4, 0.5) is 0 Å². The van der Waals surface area contributed by atoms with E-state index in [9.17, 15) is 0 Å². The van der Waals surface area contributed by atoms with Crippen molar-refractivity contribution in [2.45, 2.75) is 77.2 Å². The summed E-state index contributed by atoms with van der Waals surface area (Å²) in [4.78, 5) is 0. The fraction of sp³-hybridized carbons (Fsp3) is 0.867. The lowest BCUT2D eigenvalue weighted by molar-refractivity contribution is 0.207. The van der Waals surface area contributed by atoms with Crippen molar-refractivity contribution in [3.63, 3.8) is 0 Å². The zero-order chi connectivity index (χ0) is 11.9. The van der Waals surface area contributed by atoms with Crippen LogP contribution in [0, 0.1) is 5.41 Å². The van der Waals surface area contributed by atoms with E-state index in [1.165, 1.54) is 57.8 Å². The number of nitrogens with two attached hydrogens (primary N) is 1. The van der Waals surface area contributed by atoms with Gasteiger partial charge in [-0.3, -0.25) is 0 Å². The maximum Gasteiger partial charge on any atom is 0.00954 e. The molecular weight excluding hydrogens is 194 g/mol. The number of unbranched alkanes of at least 4 members (excludes halogenated alkanes) is 3. The van der Waals surface area contributed by atoms with Gasteiger partial charge in [0.15, 0.2) is 0 Å². The molecule has 1 aliphatic rings. The SMILES string of the molecule is C=CCCCCCC(N)C1(CC)CCCC1. The number of allylic oxidation sites excluding steroid dienone is 1. The highest BCUT2D eigenvalue weighted by molar-refractivity contribution is 4.92. The summed E-state index contributed by atoms with van der Waals surface area (Å²) in [6.07, 6.45) is 15.1. The molecule has 2 N–H and O–H groups in total. The van der Waals surface area contributed by atoms with Crippen molar-refractivity contribution in [2.75, 3.05) is 0 Å². The molecule has 16 heavy (non-hydrogen) atoms. The normalized spacial score (nSPS) is 20.9. The van der Waals surface area contributed by atoms with Crippen LogP contribution in [-0.2, 0) is 0 Å². The lowest BCUT2D eigenvalue weighted by Crippen LogP contribution is -2.39. The van der Waals surface area contributed by atoms with Crippen LogP contribution in [0.25, 0.3) is 0 Å². The Hall–Kier alpha value is -0.300. The molecule has 0 aromatic carbocycles. The van der Waals surface area contributed by atoms with Crippen molar-refractivity contribution in [3.8, 4) is 0 Å². The average Bonchev–Trinajstić information content (AvgIpc) is 2.78. The van der Waals surface area contributed by atoms with E-state index >= 15 is 0 Å². The first-order valence-corrected chi connectivity index (χ1v) is 7.11. The Morgan fingerprint density at radius 3 is 2.50 bits per heavy atom. The lowest BCUT2D eigenvalue weighted by atomic mass is 9.75. The smallest absolute Gasteiger partial charge is 0.00954 e. The minimum absolute atomic E-state index is 0.448. The summed E-state index contributed by atoms with van der Waals surface area (Å²) in [6, 6.07) is 0.448. The third-order valence-electron chi connectivity index (χ3n) is 4.51. The Morgan fingerprint density at radius 1 is 1.25 bits per heavy atom. The molecule has 0 spiro atoms. The third kappa shape index (κ3) is 3.62. The highest BCUT2D eigenvalue weighted by atomic mass is 14.7. The Labute approximate surface area is 101 Å². The van der Waals surface area contributed by atoms with Crippen LogP contribution in [0.2, 0.25) is 0 Å². The molecule has 1 heteroatoms. The van der Waals surface area contributed by atoms with Crippen LogP contribution >= 0.6 is 0 Å². The van der Waals surface area contributed by atoms with Crippen LogP contribution in [-0.4, -0.2) is 6.04 Å². The summed E-state index contributed by atoms with van der Waals surface area (Å²) in [7, 11) is 0. The van der Waals surface area contributed by atoms with Crippen LogP contribution < -0.4 is 5.73 Å². The highest BCUT2D eigenvalue weighted by Gasteiger charge is 2.37. The number of rotatable bonds is 8. The molecule has 0 aliphatic heterocycles. The minimum atomic E-state index is 0.448. The first kappa shape index (κ1) is 13.8. The van der Waals surface area contributed by atoms with Gasteiger partial charge < -0.3 is 5.73 Å². The number of hydrogen-bond acceptors (Lipinski definition) is 1. The predicted octanol–water partition coefficient (Wildman–Crippen LogP) is 4.42. The number of hydrogen-bond donors (Lipinski definition) is 1. The van der Waals surface area contributed by atoms with E-state index in [4.69, 9.17) is 5.73 Å². The standard InChI is InChI=1S/C15H29N/c1-3-5-6-7-8-11-14(16)15(4-2)12-9-10-13-15/h3,14H,1,4-13,16H2,2H3. The monoisotopic (exact) mass is 223 g/mol. The highest BCUT2D eigenvalue weighted by Crippen LogP contribution is 2.44. The van der Waals surface area contributed by atoms with Crippen molar-refractivity contribution < 1.29 is 0 Å². The maximum absolute atomic E-state index is 6.42. The molecule has 1 unspecified atom stereocenters. The van der Waals surface area contributed by atoms with Crippen molar-refractivity contribution in [1.29, 1.82) is 0 Å².